The van der Waals surface area contributed by atoms with Crippen molar-refractivity contribution in [3.05, 3.63) is 35.4 Å². The minimum Gasteiger partial charge on any atom is -0.393 e. The first-order chi connectivity index (χ1) is 8.63. The Hall–Kier alpha value is -1.00. The van der Waals surface area contributed by atoms with E-state index in [2.05, 4.69) is 0 Å². The van der Waals surface area contributed by atoms with E-state index in [1.165, 1.54) is 12.1 Å². The van der Waals surface area contributed by atoms with Gasteiger partial charge >= 0.3 is 0 Å². The van der Waals surface area contributed by atoms with Crippen molar-refractivity contribution in [2.24, 2.45) is 5.92 Å². The molecule has 0 spiro atoms. The molecule has 1 atom stereocenters. The molecule has 1 unspecified atom stereocenters. The summed E-state index contributed by atoms with van der Waals surface area (Å²) in [5.74, 6) is -0.737. The third-order valence-electron chi connectivity index (χ3n) is 3.34. The first-order valence-electron chi connectivity index (χ1n) is 6.34. The Bertz CT molecular complexity index is 369. The number of hydrogen-bond donors (Lipinski definition) is 1. The van der Waals surface area contributed by atoms with Crippen LogP contribution in [0.1, 0.15) is 24.8 Å². The smallest absolute Gasteiger partial charge is 0.126 e. The Labute approximate surface area is 106 Å². The average molecular weight is 256 g/mol. The van der Waals surface area contributed by atoms with Crippen molar-refractivity contribution in [2.75, 3.05) is 13.2 Å². The molecule has 1 fully saturated rings. The maximum Gasteiger partial charge on any atom is 0.126 e. The first-order valence-corrected chi connectivity index (χ1v) is 6.34. The highest BCUT2D eigenvalue weighted by atomic mass is 19.1. The molecule has 100 valence electrons. The van der Waals surface area contributed by atoms with E-state index < -0.39 is 17.7 Å². The van der Waals surface area contributed by atoms with E-state index in [-0.39, 0.29) is 0 Å². The zero-order valence-electron chi connectivity index (χ0n) is 10.2. The molecule has 18 heavy (non-hydrogen) atoms. The van der Waals surface area contributed by atoms with Crippen molar-refractivity contribution < 1.29 is 18.6 Å². The molecule has 2 nitrogen and oxygen atoms in total. The number of benzene rings is 1. The Kier molecular flexibility index (Phi) is 4.66. The molecule has 0 saturated carbocycles. The van der Waals surface area contributed by atoms with Gasteiger partial charge < -0.3 is 9.84 Å². The third kappa shape index (κ3) is 4.03. The molecule has 1 aromatic rings. The molecule has 1 N–H and O–H groups in total. The zero-order chi connectivity index (χ0) is 13.0. The lowest BCUT2D eigenvalue weighted by molar-refractivity contribution is 0.0439. The van der Waals surface area contributed by atoms with Crippen molar-refractivity contribution in [1.82, 2.24) is 0 Å². The van der Waals surface area contributed by atoms with Gasteiger partial charge in [0.05, 0.1) is 6.10 Å². The Morgan fingerprint density at radius 3 is 2.39 bits per heavy atom. The summed E-state index contributed by atoms with van der Waals surface area (Å²) in [7, 11) is 0. The summed E-state index contributed by atoms with van der Waals surface area (Å²) in [6, 6.07) is 3.39. The van der Waals surface area contributed by atoms with Gasteiger partial charge in [0, 0.05) is 19.3 Å². The predicted molar refractivity (Wildman–Crippen MR) is 64.2 cm³/mol. The summed E-state index contributed by atoms with van der Waals surface area (Å²) in [4.78, 5) is 0. The van der Waals surface area contributed by atoms with Crippen LogP contribution in [0.25, 0.3) is 0 Å². The SMILES string of the molecule is OC(Cc1cc(F)cc(F)c1)CC1CCOCC1. The van der Waals surface area contributed by atoms with Crippen LogP contribution in [0, 0.1) is 17.6 Å². The third-order valence-corrected chi connectivity index (χ3v) is 3.34. The van der Waals surface area contributed by atoms with E-state index >= 15 is 0 Å². The van der Waals surface area contributed by atoms with Crippen LogP contribution in [0.15, 0.2) is 18.2 Å². The molecule has 1 aliphatic heterocycles. The highest BCUT2D eigenvalue weighted by Crippen LogP contribution is 2.22. The summed E-state index contributed by atoms with van der Waals surface area (Å²) in [6.07, 6.45) is 2.32. The van der Waals surface area contributed by atoms with Crippen molar-refractivity contribution >= 4 is 0 Å². The van der Waals surface area contributed by atoms with E-state index in [1.54, 1.807) is 0 Å². The van der Waals surface area contributed by atoms with Gasteiger partial charge in [-0.05, 0) is 49.3 Å². The van der Waals surface area contributed by atoms with Gasteiger partial charge in [0.2, 0.25) is 0 Å². The second-order valence-corrected chi connectivity index (χ2v) is 4.93. The summed E-state index contributed by atoms with van der Waals surface area (Å²) in [5.41, 5.74) is 0.507. The van der Waals surface area contributed by atoms with E-state index in [0.29, 0.717) is 24.3 Å². The molecule has 0 radical (unpaired) electrons. The van der Waals surface area contributed by atoms with E-state index in [0.717, 1.165) is 32.1 Å². The number of halogens is 2. The van der Waals surface area contributed by atoms with Crippen LogP contribution in [-0.2, 0) is 11.2 Å². The molecule has 1 aliphatic rings. The summed E-state index contributed by atoms with van der Waals surface area (Å²) < 4.78 is 31.2. The van der Waals surface area contributed by atoms with Crippen molar-refractivity contribution in [3.8, 4) is 0 Å². The van der Waals surface area contributed by atoms with Crippen molar-refractivity contribution in [2.45, 2.75) is 31.8 Å². The zero-order valence-corrected chi connectivity index (χ0v) is 10.2. The fourth-order valence-corrected chi connectivity index (χ4v) is 2.45. The molecule has 4 heteroatoms. The summed E-state index contributed by atoms with van der Waals surface area (Å²) in [6.45, 7) is 1.48. The number of ether oxygens (including phenoxy) is 1. The number of hydrogen-bond acceptors (Lipinski definition) is 2. The van der Waals surface area contributed by atoms with Crippen LogP contribution in [-0.4, -0.2) is 24.4 Å². The van der Waals surface area contributed by atoms with Gasteiger partial charge in [0.25, 0.3) is 0 Å². The monoisotopic (exact) mass is 256 g/mol. The van der Waals surface area contributed by atoms with E-state index in [4.69, 9.17) is 4.74 Å². The molecule has 1 heterocycles. The van der Waals surface area contributed by atoms with Crippen LogP contribution < -0.4 is 0 Å². The van der Waals surface area contributed by atoms with Crippen LogP contribution in [0.2, 0.25) is 0 Å². The second-order valence-electron chi connectivity index (χ2n) is 4.93. The predicted octanol–water partition coefficient (Wildman–Crippen LogP) is 2.68. The second kappa shape index (κ2) is 6.25. The van der Waals surface area contributed by atoms with Crippen LogP contribution in [0.4, 0.5) is 8.78 Å². The minimum absolute atomic E-state index is 0.298. The molecular weight excluding hydrogens is 238 g/mol. The Morgan fingerprint density at radius 1 is 1.17 bits per heavy atom. The lowest BCUT2D eigenvalue weighted by Crippen LogP contribution is -2.22. The maximum absolute atomic E-state index is 13.0. The average Bonchev–Trinajstić information content (AvgIpc) is 2.28. The van der Waals surface area contributed by atoms with Gasteiger partial charge in [-0.2, -0.15) is 0 Å². The maximum atomic E-state index is 13.0. The van der Waals surface area contributed by atoms with Gasteiger partial charge in [-0.1, -0.05) is 0 Å². The number of aliphatic hydroxyl groups is 1. The van der Waals surface area contributed by atoms with E-state index in [1.807, 2.05) is 0 Å². The molecule has 0 aromatic heterocycles. The van der Waals surface area contributed by atoms with Crippen molar-refractivity contribution in [3.63, 3.8) is 0 Å². The minimum atomic E-state index is -0.594. The highest BCUT2D eigenvalue weighted by molar-refractivity contribution is 5.18. The fraction of sp³-hybridized carbons (Fsp3) is 0.571. The Balaban J connectivity index is 1.87. The highest BCUT2D eigenvalue weighted by Gasteiger charge is 2.18. The van der Waals surface area contributed by atoms with Crippen LogP contribution in [0.3, 0.4) is 0 Å². The molecule has 1 saturated heterocycles. The molecule has 0 amide bonds. The molecular formula is C14H18F2O2. The standard InChI is InChI=1S/C14H18F2O2/c15-12-5-11(6-13(16)9-12)8-14(17)7-10-1-3-18-4-2-10/h5-6,9-10,14,17H,1-4,7-8H2. The topological polar surface area (TPSA) is 29.5 Å². The molecule has 0 bridgehead atoms. The van der Waals surface area contributed by atoms with Crippen LogP contribution >= 0.6 is 0 Å². The fourth-order valence-electron chi connectivity index (χ4n) is 2.45. The summed E-state index contributed by atoms with van der Waals surface area (Å²) >= 11 is 0. The van der Waals surface area contributed by atoms with Crippen molar-refractivity contribution in [1.29, 1.82) is 0 Å². The summed E-state index contributed by atoms with van der Waals surface area (Å²) in [5, 5.41) is 9.95. The number of aliphatic hydroxyl groups excluding tert-OH is 1. The lowest BCUT2D eigenvalue weighted by Gasteiger charge is -2.24. The molecule has 1 aromatic carbocycles. The van der Waals surface area contributed by atoms with E-state index in [9.17, 15) is 13.9 Å². The largest absolute Gasteiger partial charge is 0.393 e. The normalized spacial score (nSPS) is 18.8. The van der Waals surface area contributed by atoms with Gasteiger partial charge in [0.1, 0.15) is 11.6 Å². The Morgan fingerprint density at radius 2 is 1.78 bits per heavy atom. The van der Waals surface area contributed by atoms with Crippen LogP contribution in [0.5, 0.6) is 0 Å². The van der Waals surface area contributed by atoms with Gasteiger partial charge in [-0.3, -0.25) is 0 Å². The quantitative estimate of drug-likeness (QED) is 0.897. The lowest BCUT2D eigenvalue weighted by atomic mass is 9.91. The number of rotatable bonds is 4. The molecule has 0 aliphatic carbocycles. The van der Waals surface area contributed by atoms with Gasteiger partial charge in [-0.15, -0.1) is 0 Å². The molecule has 2 rings (SSSR count). The van der Waals surface area contributed by atoms with Gasteiger partial charge in [0.15, 0.2) is 0 Å². The first kappa shape index (κ1) is 13.4. The van der Waals surface area contributed by atoms with Gasteiger partial charge in [-0.25, -0.2) is 8.78 Å².